The van der Waals surface area contributed by atoms with Crippen molar-refractivity contribution in [2.24, 2.45) is 0 Å². The topological polar surface area (TPSA) is 54.0 Å². The molecule has 0 amide bonds. The van der Waals surface area contributed by atoms with Gasteiger partial charge in [0.2, 0.25) is 0 Å². The molecule has 0 fully saturated rings. The Labute approximate surface area is 185 Å². The molecule has 0 bridgehead atoms. The van der Waals surface area contributed by atoms with Crippen LogP contribution in [0.4, 0.5) is 0 Å². The van der Waals surface area contributed by atoms with Gasteiger partial charge in [-0.1, -0.05) is 17.7 Å². The van der Waals surface area contributed by atoms with Crippen LogP contribution in [0.15, 0.2) is 30.3 Å². The van der Waals surface area contributed by atoms with Gasteiger partial charge in [0.05, 0.1) is 42.8 Å². The van der Waals surface area contributed by atoms with Crippen molar-refractivity contribution in [1.82, 2.24) is 0 Å². The van der Waals surface area contributed by atoms with E-state index in [0.717, 1.165) is 0 Å². The molecule has 0 aromatic heterocycles. The molecule has 0 aliphatic heterocycles. The molecule has 2 aromatic rings. The Kier molecular flexibility index (Phi) is 10.8. The number of methoxy groups -OCH3 is 1. The fraction of sp³-hybridized carbons (Fsp3) is 0.350. The first-order chi connectivity index (χ1) is 13.0. The van der Waals surface area contributed by atoms with Crippen molar-refractivity contribution in [3.63, 3.8) is 0 Å². The van der Waals surface area contributed by atoms with Gasteiger partial charge in [-0.05, 0) is 41.5 Å². The normalized spacial score (nSPS) is 10.5. The molecule has 1 unspecified atom stereocenters. The average Bonchev–Trinajstić information content (AvgIpc) is 2.64. The maximum absolute atomic E-state index is 13.0. The van der Waals surface area contributed by atoms with Crippen molar-refractivity contribution in [1.29, 1.82) is 0 Å². The molecule has 0 aliphatic rings. The van der Waals surface area contributed by atoms with Gasteiger partial charge in [-0.15, -0.1) is 0 Å². The van der Waals surface area contributed by atoms with Crippen LogP contribution in [0.1, 0.15) is 31.1 Å². The summed E-state index contributed by atoms with van der Waals surface area (Å²) >= 11 is 6.26. The Morgan fingerprint density at radius 1 is 0.964 bits per heavy atom. The molecule has 0 heterocycles. The number of benzene rings is 2. The largest absolute Gasteiger partial charge is 1.00 e. The van der Waals surface area contributed by atoms with Crippen LogP contribution in [0, 0.1) is 0 Å². The van der Waals surface area contributed by atoms with E-state index in [1.807, 2.05) is 20.8 Å². The third-order valence-electron chi connectivity index (χ3n) is 3.61. The number of carbonyl (C=O) groups excluding carboxylic acids is 1. The van der Waals surface area contributed by atoms with Gasteiger partial charge < -0.3 is 18.9 Å². The van der Waals surface area contributed by atoms with Gasteiger partial charge >= 0.3 is 18.9 Å². The van der Waals surface area contributed by atoms with Crippen LogP contribution in [0.5, 0.6) is 23.0 Å². The van der Waals surface area contributed by atoms with Crippen LogP contribution in [0.3, 0.4) is 0 Å². The first-order valence-electron chi connectivity index (χ1n) is 8.75. The van der Waals surface area contributed by atoms with Gasteiger partial charge in [-0.3, -0.25) is 4.79 Å². The summed E-state index contributed by atoms with van der Waals surface area (Å²) in [4.78, 5) is 13.0. The van der Waals surface area contributed by atoms with E-state index in [-0.39, 0.29) is 33.0 Å². The minimum atomic E-state index is -0.242. The van der Waals surface area contributed by atoms with Gasteiger partial charge in [0, 0.05) is 12.1 Å². The van der Waals surface area contributed by atoms with Crippen molar-refractivity contribution >= 4 is 31.0 Å². The third kappa shape index (κ3) is 6.06. The zero-order valence-electron chi connectivity index (χ0n) is 16.9. The minimum absolute atomic E-state index is 0. The van der Waals surface area contributed by atoms with Crippen LogP contribution in [0.25, 0.3) is 0 Å². The van der Waals surface area contributed by atoms with E-state index in [1.54, 1.807) is 30.3 Å². The Hall–Kier alpha value is -1.37. The fourth-order valence-electron chi connectivity index (χ4n) is 2.55. The second-order valence-electron chi connectivity index (χ2n) is 5.36. The van der Waals surface area contributed by atoms with E-state index < -0.39 is 0 Å². The summed E-state index contributed by atoms with van der Waals surface area (Å²) in [5.74, 6) is 2.23. The summed E-state index contributed by atoms with van der Waals surface area (Å²) in [5.41, 5.74) is 0.210. The maximum Gasteiger partial charge on any atom is 1.00 e. The van der Waals surface area contributed by atoms with E-state index in [2.05, 4.69) is 0 Å². The van der Waals surface area contributed by atoms with Gasteiger partial charge in [0.15, 0.2) is 5.52 Å². The molecule has 5 nitrogen and oxygen atoms in total. The number of halogens is 1. The summed E-state index contributed by atoms with van der Waals surface area (Å²) in [5, 5.41) is 1.04. The van der Waals surface area contributed by atoms with Crippen LogP contribution in [0.2, 0.25) is 5.02 Å². The molecular weight excluding hydrogens is 394 g/mol. The molecule has 0 aliphatic carbocycles. The average molecular weight is 418 g/mol. The van der Waals surface area contributed by atoms with Gasteiger partial charge in [-0.2, -0.15) is 0 Å². The Morgan fingerprint density at radius 3 is 2.04 bits per heavy atom. The van der Waals surface area contributed by atoms with E-state index in [1.165, 1.54) is 7.11 Å². The second kappa shape index (κ2) is 12.2. The van der Waals surface area contributed by atoms with Crippen LogP contribution < -0.4 is 43.1 Å². The quantitative estimate of drug-likeness (QED) is 0.435. The molecule has 0 saturated carbocycles. The maximum atomic E-state index is 13.0. The van der Waals surface area contributed by atoms with Crippen molar-refractivity contribution < 1.29 is 42.6 Å². The Bertz CT molecular complexity index is 773. The van der Waals surface area contributed by atoms with E-state index in [9.17, 15) is 4.79 Å². The molecule has 0 radical (unpaired) electrons. The van der Waals surface area contributed by atoms with E-state index >= 15 is 0 Å². The minimum Gasteiger partial charge on any atom is -0.496 e. The summed E-state index contributed by atoms with van der Waals surface area (Å²) in [6.07, 6.45) is 0. The van der Waals surface area contributed by atoms with Gasteiger partial charge in [0.25, 0.3) is 0 Å². The fourth-order valence-corrected chi connectivity index (χ4v) is 4.02. The smallest absolute Gasteiger partial charge is 0.496 e. The van der Waals surface area contributed by atoms with E-state index in [0.29, 0.717) is 58.7 Å². The molecule has 2 aromatic carbocycles. The Balaban J connectivity index is 0.00000392. The standard InChI is InChI=1S/C20H24ClO5P.Li/c1-5-24-13-11-16(25-6-2)19(17(12-13)26-7-3)27-20(22)18-14(21)9-8-10-15(18)23-4;/h8-12,27H,5-7H2,1-4H3;/q;+1. The van der Waals surface area contributed by atoms with Crippen molar-refractivity contribution in [3.05, 3.63) is 40.9 Å². The summed E-state index contributed by atoms with van der Waals surface area (Å²) in [7, 11) is 1.27. The number of carbonyl (C=O) groups is 1. The molecule has 146 valence electrons. The zero-order chi connectivity index (χ0) is 19.8. The van der Waals surface area contributed by atoms with Crippen molar-refractivity contribution in [2.45, 2.75) is 20.8 Å². The number of hydrogen-bond acceptors (Lipinski definition) is 5. The van der Waals surface area contributed by atoms with Crippen molar-refractivity contribution in [2.75, 3.05) is 26.9 Å². The van der Waals surface area contributed by atoms with Crippen LogP contribution in [-0.2, 0) is 0 Å². The molecule has 8 heteroatoms. The second-order valence-corrected chi connectivity index (χ2v) is 6.98. The first-order valence-corrected chi connectivity index (χ1v) is 10.1. The number of hydrogen-bond donors (Lipinski definition) is 0. The Morgan fingerprint density at radius 2 is 1.54 bits per heavy atom. The monoisotopic (exact) mass is 417 g/mol. The number of rotatable bonds is 10. The van der Waals surface area contributed by atoms with Crippen LogP contribution >= 0.6 is 20.2 Å². The van der Waals surface area contributed by atoms with E-state index in [4.69, 9.17) is 30.5 Å². The molecular formula is C20H24ClLiO5P+. The predicted molar refractivity (Wildman–Crippen MR) is 110 cm³/mol. The zero-order valence-corrected chi connectivity index (χ0v) is 18.7. The predicted octanol–water partition coefficient (Wildman–Crippen LogP) is 1.69. The SMILES string of the molecule is CCOc1cc(OCC)c(PC(=O)c2c(Cl)cccc2OC)c(OCC)c1.[Li+]. The van der Waals surface area contributed by atoms with Crippen molar-refractivity contribution in [3.8, 4) is 23.0 Å². The van der Waals surface area contributed by atoms with Gasteiger partial charge in [-0.25, -0.2) is 0 Å². The molecule has 0 N–H and O–H groups in total. The summed E-state index contributed by atoms with van der Waals surface area (Å²) in [6.45, 7) is 7.13. The third-order valence-corrected chi connectivity index (χ3v) is 5.15. The first kappa shape index (κ1) is 24.7. The molecule has 0 spiro atoms. The van der Waals surface area contributed by atoms with Crippen LogP contribution in [-0.4, -0.2) is 32.5 Å². The summed E-state index contributed by atoms with van der Waals surface area (Å²) < 4.78 is 22.4. The molecule has 1 atom stereocenters. The molecule has 2 rings (SSSR count). The van der Waals surface area contributed by atoms with Gasteiger partial charge in [0.1, 0.15) is 23.0 Å². The molecule has 28 heavy (non-hydrogen) atoms. The number of ether oxygens (including phenoxy) is 4. The molecule has 0 saturated heterocycles. The summed E-state index contributed by atoms with van der Waals surface area (Å²) in [6, 6.07) is 8.71.